The number of hydrogen-bond acceptors (Lipinski definition) is 4. The second-order valence-corrected chi connectivity index (χ2v) is 6.22. The van der Waals surface area contributed by atoms with Gasteiger partial charge in [-0.1, -0.05) is 31.7 Å². The minimum atomic E-state index is -0.350. The Morgan fingerprint density at radius 1 is 1.38 bits per heavy atom. The Hall–Kier alpha value is -2.66. The fourth-order valence-corrected chi connectivity index (χ4v) is 2.96. The minimum absolute atomic E-state index is 0.278. The average molecular weight is 355 g/mol. The van der Waals surface area contributed by atoms with E-state index < -0.39 is 0 Å². The smallest absolute Gasteiger partial charge is 0.131 e. The van der Waals surface area contributed by atoms with E-state index in [1.54, 1.807) is 12.1 Å². The van der Waals surface area contributed by atoms with Crippen molar-refractivity contribution in [3.05, 3.63) is 59.4 Å². The summed E-state index contributed by atoms with van der Waals surface area (Å²) in [6, 6.07) is 8.77. The molecule has 0 amide bonds. The van der Waals surface area contributed by atoms with Crippen LogP contribution < -0.4 is 11.2 Å². The van der Waals surface area contributed by atoms with Gasteiger partial charge in [0.15, 0.2) is 0 Å². The molecule has 1 atom stereocenters. The lowest BCUT2D eigenvalue weighted by molar-refractivity contribution is 0.164. The van der Waals surface area contributed by atoms with E-state index in [1.807, 2.05) is 32.0 Å². The SMILES string of the molecule is C=Cc1c(/C=N\N)cc(-c2c(C)cccc2F)cc1NCCC(O)CC. The number of aliphatic hydroxyl groups is 1. The van der Waals surface area contributed by atoms with Crippen molar-refractivity contribution in [2.45, 2.75) is 32.8 Å². The summed E-state index contributed by atoms with van der Waals surface area (Å²) in [6.45, 7) is 8.28. The van der Waals surface area contributed by atoms with Gasteiger partial charge in [0.25, 0.3) is 0 Å². The Labute approximate surface area is 154 Å². The number of aryl methyl sites for hydroxylation is 1. The molecule has 5 heteroatoms. The van der Waals surface area contributed by atoms with Gasteiger partial charge in [0.05, 0.1) is 12.3 Å². The van der Waals surface area contributed by atoms with Gasteiger partial charge >= 0.3 is 0 Å². The second kappa shape index (κ2) is 9.15. The van der Waals surface area contributed by atoms with E-state index in [9.17, 15) is 9.50 Å². The van der Waals surface area contributed by atoms with Gasteiger partial charge in [-0.3, -0.25) is 0 Å². The third kappa shape index (κ3) is 4.49. The molecule has 4 N–H and O–H groups in total. The number of nitrogens with one attached hydrogen (secondary N) is 1. The maximum atomic E-state index is 14.4. The van der Waals surface area contributed by atoms with Gasteiger partial charge in [-0.2, -0.15) is 5.10 Å². The molecule has 0 aliphatic heterocycles. The van der Waals surface area contributed by atoms with Gasteiger partial charge in [-0.05, 0) is 49.1 Å². The molecular weight excluding hydrogens is 329 g/mol. The molecule has 0 saturated carbocycles. The molecule has 4 nitrogen and oxygen atoms in total. The van der Waals surface area contributed by atoms with Crippen LogP contribution in [0.5, 0.6) is 0 Å². The third-order valence-corrected chi connectivity index (χ3v) is 4.40. The second-order valence-electron chi connectivity index (χ2n) is 6.22. The van der Waals surface area contributed by atoms with Gasteiger partial charge < -0.3 is 16.3 Å². The van der Waals surface area contributed by atoms with E-state index in [4.69, 9.17) is 5.84 Å². The Kier molecular flexibility index (Phi) is 6.92. The highest BCUT2D eigenvalue weighted by Crippen LogP contribution is 2.32. The number of hydrogen-bond donors (Lipinski definition) is 3. The van der Waals surface area contributed by atoms with Crippen LogP contribution in [0.2, 0.25) is 0 Å². The van der Waals surface area contributed by atoms with Crippen LogP contribution in [-0.2, 0) is 0 Å². The number of rotatable bonds is 8. The van der Waals surface area contributed by atoms with Gasteiger partial charge in [0.2, 0.25) is 0 Å². The molecule has 2 aromatic rings. The van der Waals surface area contributed by atoms with Crippen molar-refractivity contribution in [1.82, 2.24) is 0 Å². The zero-order valence-corrected chi connectivity index (χ0v) is 15.3. The fourth-order valence-electron chi connectivity index (χ4n) is 2.96. The van der Waals surface area contributed by atoms with Crippen LogP contribution in [0.15, 0.2) is 42.0 Å². The topological polar surface area (TPSA) is 70.6 Å². The molecule has 2 aromatic carbocycles. The maximum Gasteiger partial charge on any atom is 0.131 e. The lowest BCUT2D eigenvalue weighted by Crippen LogP contribution is -2.13. The van der Waals surface area contributed by atoms with E-state index in [1.165, 1.54) is 12.3 Å². The van der Waals surface area contributed by atoms with Crippen molar-refractivity contribution in [2.24, 2.45) is 10.9 Å². The summed E-state index contributed by atoms with van der Waals surface area (Å²) in [7, 11) is 0. The van der Waals surface area contributed by atoms with Crippen LogP contribution in [0.4, 0.5) is 10.1 Å². The lowest BCUT2D eigenvalue weighted by atomic mass is 9.94. The van der Waals surface area contributed by atoms with Crippen LogP contribution in [0.1, 0.15) is 36.5 Å². The van der Waals surface area contributed by atoms with Crippen molar-refractivity contribution < 1.29 is 9.50 Å². The quantitative estimate of drug-likeness (QED) is 0.375. The first kappa shape index (κ1) is 19.7. The first-order valence-electron chi connectivity index (χ1n) is 8.73. The zero-order chi connectivity index (χ0) is 19.1. The summed E-state index contributed by atoms with van der Waals surface area (Å²) in [5, 5.41) is 16.7. The Balaban J connectivity index is 2.51. The van der Waals surface area contributed by atoms with Crippen LogP contribution in [-0.4, -0.2) is 24.0 Å². The Morgan fingerprint density at radius 3 is 2.77 bits per heavy atom. The monoisotopic (exact) mass is 355 g/mol. The van der Waals surface area contributed by atoms with Crippen molar-refractivity contribution in [1.29, 1.82) is 0 Å². The summed E-state index contributed by atoms with van der Waals surface area (Å²) in [5.41, 5.74) is 4.52. The summed E-state index contributed by atoms with van der Waals surface area (Å²) < 4.78 is 14.4. The third-order valence-electron chi connectivity index (χ3n) is 4.40. The van der Waals surface area contributed by atoms with Gasteiger partial charge in [0, 0.05) is 28.9 Å². The van der Waals surface area contributed by atoms with E-state index >= 15 is 0 Å². The summed E-state index contributed by atoms with van der Waals surface area (Å²) in [4.78, 5) is 0. The Bertz CT molecular complexity index is 782. The molecule has 26 heavy (non-hydrogen) atoms. The Morgan fingerprint density at radius 2 is 2.15 bits per heavy atom. The van der Waals surface area contributed by atoms with E-state index in [0.717, 1.165) is 27.9 Å². The first-order valence-corrected chi connectivity index (χ1v) is 8.73. The highest BCUT2D eigenvalue weighted by atomic mass is 19.1. The number of benzene rings is 2. The maximum absolute atomic E-state index is 14.4. The molecule has 2 rings (SSSR count). The summed E-state index contributed by atoms with van der Waals surface area (Å²) in [5.74, 6) is 5.07. The molecule has 0 bridgehead atoms. The van der Waals surface area contributed by atoms with E-state index in [2.05, 4.69) is 17.0 Å². The highest BCUT2D eigenvalue weighted by molar-refractivity contribution is 5.92. The number of hydrazone groups is 1. The van der Waals surface area contributed by atoms with Crippen LogP contribution in [0.25, 0.3) is 17.2 Å². The van der Waals surface area contributed by atoms with Crippen molar-refractivity contribution >= 4 is 18.0 Å². The first-order chi connectivity index (χ1) is 12.5. The fraction of sp³-hybridized carbons (Fsp3) is 0.286. The van der Waals surface area contributed by atoms with E-state index in [0.29, 0.717) is 24.9 Å². The number of anilines is 1. The molecule has 0 aliphatic carbocycles. The van der Waals surface area contributed by atoms with Crippen LogP contribution >= 0.6 is 0 Å². The number of halogens is 1. The number of nitrogens with zero attached hydrogens (tertiary/aromatic N) is 1. The molecule has 1 unspecified atom stereocenters. The summed E-state index contributed by atoms with van der Waals surface area (Å²) >= 11 is 0. The standard InChI is InChI=1S/C21H26FN3O/c1-4-17(26)9-10-24-20-12-15(11-16(13-25-23)18(20)5-2)21-14(3)7-6-8-19(21)22/h5-8,11-13,17,24,26H,2,4,9-10,23H2,1,3H3/b25-13-. The van der Waals surface area contributed by atoms with Gasteiger partial charge in [-0.25, -0.2) is 4.39 Å². The van der Waals surface area contributed by atoms with Crippen molar-refractivity contribution in [3.63, 3.8) is 0 Å². The van der Waals surface area contributed by atoms with Crippen molar-refractivity contribution in [3.8, 4) is 11.1 Å². The molecule has 138 valence electrons. The zero-order valence-electron chi connectivity index (χ0n) is 15.3. The average Bonchev–Trinajstić information content (AvgIpc) is 2.61. The number of aliphatic hydroxyl groups excluding tert-OH is 1. The van der Waals surface area contributed by atoms with Crippen LogP contribution in [0, 0.1) is 12.7 Å². The minimum Gasteiger partial charge on any atom is -0.393 e. The predicted molar refractivity (Wildman–Crippen MR) is 108 cm³/mol. The normalized spacial score (nSPS) is 12.3. The predicted octanol–water partition coefficient (Wildman–Crippen LogP) is 4.31. The lowest BCUT2D eigenvalue weighted by Gasteiger charge is -2.17. The number of nitrogens with two attached hydrogens (primary N) is 1. The molecule has 0 heterocycles. The molecule has 0 saturated heterocycles. The van der Waals surface area contributed by atoms with Crippen molar-refractivity contribution in [2.75, 3.05) is 11.9 Å². The van der Waals surface area contributed by atoms with E-state index in [-0.39, 0.29) is 11.9 Å². The molecular formula is C21H26FN3O. The molecule has 0 aromatic heterocycles. The highest BCUT2D eigenvalue weighted by Gasteiger charge is 2.14. The molecule has 0 aliphatic rings. The van der Waals surface area contributed by atoms with Gasteiger partial charge in [-0.15, -0.1) is 0 Å². The summed E-state index contributed by atoms with van der Waals surface area (Å²) in [6.07, 6.45) is 4.22. The largest absolute Gasteiger partial charge is 0.393 e. The van der Waals surface area contributed by atoms with Gasteiger partial charge in [0.1, 0.15) is 5.82 Å². The molecule has 0 fully saturated rings. The molecule has 0 radical (unpaired) electrons. The molecule has 0 spiro atoms. The van der Waals surface area contributed by atoms with Crippen LogP contribution in [0.3, 0.4) is 0 Å².